The SMILES string of the molecule is Nc1cc2c(cc1-n1cc(Cl)cn1)NC(=O)C2. The number of nitrogens with zero attached hydrogens (tertiary/aromatic N) is 2. The third-order valence-corrected chi connectivity index (χ3v) is 2.87. The van der Waals surface area contributed by atoms with Crippen molar-refractivity contribution in [2.24, 2.45) is 0 Å². The quantitative estimate of drug-likeness (QED) is 0.753. The second kappa shape index (κ2) is 3.49. The zero-order valence-electron chi connectivity index (χ0n) is 8.77. The normalized spacial score (nSPS) is 13.6. The second-order valence-electron chi connectivity index (χ2n) is 3.90. The van der Waals surface area contributed by atoms with E-state index in [-0.39, 0.29) is 5.91 Å². The molecule has 0 fully saturated rings. The van der Waals surface area contributed by atoms with Crippen LogP contribution in [0.4, 0.5) is 11.4 Å². The van der Waals surface area contributed by atoms with Gasteiger partial charge in [0, 0.05) is 11.9 Å². The van der Waals surface area contributed by atoms with Crippen LogP contribution in [0.5, 0.6) is 0 Å². The first-order valence-electron chi connectivity index (χ1n) is 5.06. The number of rotatable bonds is 1. The van der Waals surface area contributed by atoms with Gasteiger partial charge in [0.15, 0.2) is 0 Å². The summed E-state index contributed by atoms with van der Waals surface area (Å²) in [5, 5.41) is 7.39. The predicted octanol–water partition coefficient (Wildman–Crippen LogP) is 1.60. The van der Waals surface area contributed by atoms with Gasteiger partial charge in [0.1, 0.15) is 0 Å². The number of nitrogens with one attached hydrogen (secondary N) is 1. The van der Waals surface area contributed by atoms with Gasteiger partial charge >= 0.3 is 0 Å². The Balaban J connectivity index is 2.13. The molecule has 0 spiro atoms. The molecule has 1 amide bonds. The number of anilines is 2. The van der Waals surface area contributed by atoms with Gasteiger partial charge in [-0.15, -0.1) is 0 Å². The highest BCUT2D eigenvalue weighted by molar-refractivity contribution is 6.30. The molecule has 0 atom stereocenters. The molecule has 6 heteroatoms. The highest BCUT2D eigenvalue weighted by atomic mass is 35.5. The molecule has 2 heterocycles. The van der Waals surface area contributed by atoms with Crippen LogP contribution in [0.3, 0.4) is 0 Å². The van der Waals surface area contributed by atoms with Crippen LogP contribution in [0.2, 0.25) is 5.02 Å². The Morgan fingerprint density at radius 3 is 3.00 bits per heavy atom. The molecular formula is C11H9ClN4O. The highest BCUT2D eigenvalue weighted by Crippen LogP contribution is 2.30. The molecule has 1 aliphatic rings. The van der Waals surface area contributed by atoms with Gasteiger partial charge in [0.05, 0.1) is 29.0 Å². The summed E-state index contributed by atoms with van der Waals surface area (Å²) in [5.41, 5.74) is 8.91. The summed E-state index contributed by atoms with van der Waals surface area (Å²) in [4.78, 5) is 11.3. The maximum absolute atomic E-state index is 11.3. The van der Waals surface area contributed by atoms with Crippen molar-refractivity contribution < 1.29 is 4.79 Å². The second-order valence-corrected chi connectivity index (χ2v) is 4.33. The van der Waals surface area contributed by atoms with Crippen molar-refractivity contribution in [3.63, 3.8) is 0 Å². The van der Waals surface area contributed by atoms with E-state index in [0.717, 1.165) is 11.3 Å². The number of benzene rings is 1. The molecule has 1 aromatic carbocycles. The molecule has 2 aromatic rings. The van der Waals surface area contributed by atoms with Crippen molar-refractivity contribution in [3.8, 4) is 5.69 Å². The van der Waals surface area contributed by atoms with Gasteiger partial charge in [-0.2, -0.15) is 5.10 Å². The topological polar surface area (TPSA) is 72.9 Å². The number of nitrogen functional groups attached to an aromatic ring is 1. The number of nitrogens with two attached hydrogens (primary N) is 1. The number of carbonyl (C=O) groups excluding carboxylic acids is 1. The van der Waals surface area contributed by atoms with Gasteiger partial charge in [0.25, 0.3) is 0 Å². The number of aromatic nitrogens is 2. The average molecular weight is 249 g/mol. The molecule has 0 aliphatic carbocycles. The first-order valence-corrected chi connectivity index (χ1v) is 5.44. The highest BCUT2D eigenvalue weighted by Gasteiger charge is 2.19. The summed E-state index contributed by atoms with van der Waals surface area (Å²) in [6.45, 7) is 0. The van der Waals surface area contributed by atoms with E-state index in [1.165, 1.54) is 6.20 Å². The Morgan fingerprint density at radius 2 is 2.29 bits per heavy atom. The van der Waals surface area contributed by atoms with Gasteiger partial charge in [-0.3, -0.25) is 4.79 Å². The van der Waals surface area contributed by atoms with Gasteiger partial charge in [-0.05, 0) is 17.7 Å². The lowest BCUT2D eigenvalue weighted by molar-refractivity contribution is -0.115. The lowest BCUT2D eigenvalue weighted by Crippen LogP contribution is -2.04. The number of hydrogen-bond donors (Lipinski definition) is 2. The number of halogens is 1. The van der Waals surface area contributed by atoms with Crippen LogP contribution >= 0.6 is 11.6 Å². The molecule has 5 nitrogen and oxygen atoms in total. The molecule has 0 unspecified atom stereocenters. The van der Waals surface area contributed by atoms with Gasteiger partial charge < -0.3 is 11.1 Å². The Hall–Kier alpha value is -2.01. The molecule has 0 bridgehead atoms. The van der Waals surface area contributed by atoms with E-state index in [0.29, 0.717) is 22.8 Å². The van der Waals surface area contributed by atoms with Crippen molar-refractivity contribution in [1.82, 2.24) is 9.78 Å². The van der Waals surface area contributed by atoms with E-state index >= 15 is 0 Å². The van der Waals surface area contributed by atoms with Crippen molar-refractivity contribution in [1.29, 1.82) is 0 Å². The fraction of sp³-hybridized carbons (Fsp3) is 0.0909. The zero-order chi connectivity index (χ0) is 12.0. The lowest BCUT2D eigenvalue weighted by atomic mass is 10.1. The fourth-order valence-electron chi connectivity index (χ4n) is 1.91. The summed E-state index contributed by atoms with van der Waals surface area (Å²) in [7, 11) is 0. The molecule has 3 N–H and O–H groups in total. The molecule has 0 saturated heterocycles. The number of hydrogen-bond acceptors (Lipinski definition) is 3. The number of carbonyl (C=O) groups is 1. The third kappa shape index (κ3) is 1.64. The van der Waals surface area contributed by atoms with Gasteiger partial charge in [0.2, 0.25) is 5.91 Å². The molecule has 3 rings (SSSR count). The van der Waals surface area contributed by atoms with E-state index in [2.05, 4.69) is 10.4 Å². The molecule has 17 heavy (non-hydrogen) atoms. The lowest BCUT2D eigenvalue weighted by Gasteiger charge is -2.08. The van der Waals surface area contributed by atoms with Crippen LogP contribution in [-0.4, -0.2) is 15.7 Å². The largest absolute Gasteiger partial charge is 0.397 e. The van der Waals surface area contributed by atoms with Crippen LogP contribution < -0.4 is 11.1 Å². The Morgan fingerprint density at radius 1 is 1.47 bits per heavy atom. The molecule has 1 aliphatic heterocycles. The predicted molar refractivity (Wildman–Crippen MR) is 65.3 cm³/mol. The monoisotopic (exact) mass is 248 g/mol. The van der Waals surface area contributed by atoms with E-state index in [4.69, 9.17) is 17.3 Å². The van der Waals surface area contributed by atoms with Crippen LogP contribution in [-0.2, 0) is 11.2 Å². The maximum atomic E-state index is 11.3. The van der Waals surface area contributed by atoms with Crippen molar-refractivity contribution in [2.75, 3.05) is 11.1 Å². The van der Waals surface area contributed by atoms with Crippen LogP contribution in [0.15, 0.2) is 24.5 Å². The van der Waals surface area contributed by atoms with Crippen molar-refractivity contribution in [3.05, 3.63) is 35.1 Å². The summed E-state index contributed by atoms with van der Waals surface area (Å²) in [6.07, 6.45) is 3.57. The smallest absolute Gasteiger partial charge is 0.228 e. The van der Waals surface area contributed by atoms with E-state index in [9.17, 15) is 4.79 Å². The number of amides is 1. The Kier molecular flexibility index (Phi) is 2.09. The number of fused-ring (bicyclic) bond motifs is 1. The molecular weight excluding hydrogens is 240 g/mol. The van der Waals surface area contributed by atoms with E-state index in [1.54, 1.807) is 23.0 Å². The first-order chi connectivity index (χ1) is 8.13. The third-order valence-electron chi connectivity index (χ3n) is 2.68. The van der Waals surface area contributed by atoms with Crippen LogP contribution in [0.25, 0.3) is 5.69 Å². The summed E-state index contributed by atoms with van der Waals surface area (Å²) < 4.78 is 1.59. The Bertz CT molecular complexity index is 620. The summed E-state index contributed by atoms with van der Waals surface area (Å²) in [5.74, 6) is -0.0185. The zero-order valence-corrected chi connectivity index (χ0v) is 9.53. The van der Waals surface area contributed by atoms with Gasteiger partial charge in [-0.25, -0.2) is 4.68 Å². The first kappa shape index (κ1) is 10.2. The molecule has 0 saturated carbocycles. The minimum Gasteiger partial charge on any atom is -0.397 e. The van der Waals surface area contributed by atoms with Crippen molar-refractivity contribution in [2.45, 2.75) is 6.42 Å². The average Bonchev–Trinajstić information content (AvgIpc) is 2.82. The van der Waals surface area contributed by atoms with Crippen LogP contribution in [0.1, 0.15) is 5.56 Å². The standard InChI is InChI=1S/C11H9ClN4O/c12-7-4-14-16(5-7)10-3-9-6(1-8(10)13)2-11(17)15-9/h1,3-5H,2,13H2,(H,15,17). The Labute approximate surface area is 102 Å². The molecule has 0 radical (unpaired) electrons. The minimum atomic E-state index is -0.0185. The maximum Gasteiger partial charge on any atom is 0.228 e. The van der Waals surface area contributed by atoms with E-state index < -0.39 is 0 Å². The van der Waals surface area contributed by atoms with Crippen LogP contribution in [0, 0.1) is 0 Å². The summed E-state index contributed by atoms with van der Waals surface area (Å²) in [6, 6.07) is 3.59. The minimum absolute atomic E-state index is 0.0185. The van der Waals surface area contributed by atoms with E-state index in [1.807, 2.05) is 0 Å². The fourth-order valence-corrected chi connectivity index (χ4v) is 2.05. The molecule has 86 valence electrons. The molecule has 1 aromatic heterocycles. The summed E-state index contributed by atoms with van der Waals surface area (Å²) >= 11 is 5.81. The van der Waals surface area contributed by atoms with Gasteiger partial charge in [-0.1, -0.05) is 11.6 Å². The van der Waals surface area contributed by atoms with Crippen molar-refractivity contribution >= 4 is 28.9 Å².